The molecule has 0 aromatic carbocycles. The minimum Gasteiger partial charge on any atom is -0.444 e. The zero-order chi connectivity index (χ0) is 21.6. The maximum Gasteiger partial charge on any atom is 0.416 e. The quantitative estimate of drug-likeness (QED) is 0.714. The molecule has 158 valence electrons. The lowest BCUT2D eigenvalue weighted by Gasteiger charge is -2.37. The monoisotopic (exact) mass is 414 g/mol. The smallest absolute Gasteiger partial charge is 0.416 e. The van der Waals surface area contributed by atoms with Crippen LogP contribution in [0.2, 0.25) is 0 Å². The number of amides is 4. The van der Waals surface area contributed by atoms with E-state index in [1.807, 2.05) is 0 Å². The number of carbonyl (C=O) groups excluding carboxylic acids is 3. The summed E-state index contributed by atoms with van der Waals surface area (Å²) in [6, 6.07) is 0.580. The van der Waals surface area contributed by atoms with E-state index in [9.17, 15) is 27.6 Å². The van der Waals surface area contributed by atoms with Crippen LogP contribution in [0.5, 0.6) is 0 Å². The zero-order valence-corrected chi connectivity index (χ0v) is 16.2. The highest BCUT2D eigenvalue weighted by atomic mass is 19.4. The first-order valence-electron chi connectivity index (χ1n) is 9.00. The Morgan fingerprint density at radius 3 is 2.38 bits per heavy atom. The number of halogens is 3. The van der Waals surface area contributed by atoms with Gasteiger partial charge in [-0.05, 0) is 45.7 Å². The largest absolute Gasteiger partial charge is 0.444 e. The number of nitrogens with zero attached hydrogens (tertiary/aromatic N) is 3. The third-order valence-electron chi connectivity index (χ3n) is 4.73. The number of piperidine rings is 1. The Morgan fingerprint density at radius 2 is 1.83 bits per heavy atom. The van der Waals surface area contributed by atoms with Crippen LogP contribution in [0.1, 0.15) is 39.2 Å². The number of rotatable bonds is 1. The van der Waals surface area contributed by atoms with Crippen LogP contribution in [-0.2, 0) is 15.7 Å². The molecule has 0 aliphatic carbocycles. The molecule has 11 heteroatoms. The van der Waals surface area contributed by atoms with E-state index in [0.717, 1.165) is 12.3 Å². The summed E-state index contributed by atoms with van der Waals surface area (Å²) < 4.78 is 44.2. The Hall–Kier alpha value is -2.85. The molecule has 3 rings (SSSR count). The van der Waals surface area contributed by atoms with E-state index in [1.54, 1.807) is 20.8 Å². The van der Waals surface area contributed by atoms with Gasteiger partial charge in [0.05, 0.1) is 5.56 Å². The minimum atomic E-state index is -4.63. The fourth-order valence-electron chi connectivity index (χ4n) is 3.28. The molecule has 1 aromatic heterocycles. The van der Waals surface area contributed by atoms with Crippen LogP contribution in [0.4, 0.5) is 28.6 Å². The highest BCUT2D eigenvalue weighted by Gasteiger charge is 2.54. The van der Waals surface area contributed by atoms with E-state index in [0.29, 0.717) is 11.0 Å². The standard InChI is InChI=1S/C18H21F3N4O4/c1-16(2,3)29-15(28)24-8-5-17(6-9-24)13(26)25(14(27)23-17)12-10-11(4-7-22-12)18(19,20)21/h4,7,10H,5-6,8-9H2,1-3H3,(H,23,27). The van der Waals surface area contributed by atoms with Crippen molar-refractivity contribution in [1.29, 1.82) is 0 Å². The summed E-state index contributed by atoms with van der Waals surface area (Å²) in [4.78, 5) is 43.3. The number of ether oxygens (including phenoxy) is 1. The summed E-state index contributed by atoms with van der Waals surface area (Å²) in [5.41, 5.74) is -2.97. The number of hydrogen-bond donors (Lipinski definition) is 1. The van der Waals surface area contributed by atoms with Crippen molar-refractivity contribution in [1.82, 2.24) is 15.2 Å². The normalized spacial score (nSPS) is 19.5. The first-order valence-corrected chi connectivity index (χ1v) is 9.00. The number of hydrogen-bond acceptors (Lipinski definition) is 5. The average Bonchev–Trinajstić information content (AvgIpc) is 2.83. The van der Waals surface area contributed by atoms with Crippen LogP contribution in [-0.4, -0.2) is 52.1 Å². The lowest BCUT2D eigenvalue weighted by molar-refractivity contribution is -0.137. The molecular weight excluding hydrogens is 393 g/mol. The third kappa shape index (κ3) is 4.13. The molecule has 0 bridgehead atoms. The number of anilines is 1. The summed E-state index contributed by atoms with van der Waals surface area (Å²) in [7, 11) is 0. The maximum atomic E-state index is 13.0. The van der Waals surface area contributed by atoms with E-state index < -0.39 is 46.7 Å². The van der Waals surface area contributed by atoms with Crippen molar-refractivity contribution in [2.45, 2.75) is 50.9 Å². The number of nitrogens with one attached hydrogen (secondary N) is 1. The number of likely N-dealkylation sites (tertiary alicyclic amines) is 1. The van der Waals surface area contributed by atoms with Crippen LogP contribution in [0.15, 0.2) is 18.3 Å². The third-order valence-corrected chi connectivity index (χ3v) is 4.73. The summed E-state index contributed by atoms with van der Waals surface area (Å²) in [5, 5.41) is 2.57. The number of pyridine rings is 1. The van der Waals surface area contributed by atoms with E-state index in [-0.39, 0.29) is 25.9 Å². The van der Waals surface area contributed by atoms with Gasteiger partial charge in [0.1, 0.15) is 17.0 Å². The molecule has 1 aromatic rings. The van der Waals surface area contributed by atoms with Crippen molar-refractivity contribution in [3.63, 3.8) is 0 Å². The van der Waals surface area contributed by atoms with Gasteiger partial charge in [-0.15, -0.1) is 0 Å². The molecule has 0 radical (unpaired) electrons. The van der Waals surface area contributed by atoms with Crippen LogP contribution in [0.25, 0.3) is 0 Å². The first kappa shape index (κ1) is 20.9. The van der Waals surface area contributed by atoms with Gasteiger partial charge in [-0.2, -0.15) is 13.2 Å². The van der Waals surface area contributed by atoms with Gasteiger partial charge in [0, 0.05) is 19.3 Å². The molecule has 3 heterocycles. The molecule has 1 N–H and O–H groups in total. The van der Waals surface area contributed by atoms with Crippen molar-refractivity contribution in [3.8, 4) is 0 Å². The number of imide groups is 1. The lowest BCUT2D eigenvalue weighted by atomic mass is 9.87. The van der Waals surface area contributed by atoms with E-state index in [1.165, 1.54) is 4.90 Å². The van der Waals surface area contributed by atoms with Gasteiger partial charge in [0.15, 0.2) is 0 Å². The molecule has 2 fully saturated rings. The number of aromatic nitrogens is 1. The Morgan fingerprint density at radius 1 is 1.21 bits per heavy atom. The summed E-state index contributed by atoms with van der Waals surface area (Å²) >= 11 is 0. The first-order chi connectivity index (χ1) is 13.3. The number of alkyl halides is 3. The molecule has 8 nitrogen and oxygen atoms in total. The van der Waals surface area contributed by atoms with Crippen LogP contribution in [0, 0.1) is 0 Å². The van der Waals surface area contributed by atoms with E-state index in [2.05, 4.69) is 10.3 Å². The maximum absolute atomic E-state index is 13.0. The molecule has 4 amide bonds. The molecule has 1 spiro atoms. The van der Waals surface area contributed by atoms with Gasteiger partial charge in [0.25, 0.3) is 5.91 Å². The van der Waals surface area contributed by atoms with Gasteiger partial charge in [-0.1, -0.05) is 0 Å². The van der Waals surface area contributed by atoms with Crippen molar-refractivity contribution < 1.29 is 32.3 Å². The van der Waals surface area contributed by atoms with Gasteiger partial charge in [0.2, 0.25) is 0 Å². The number of urea groups is 1. The summed E-state index contributed by atoms with van der Waals surface area (Å²) in [6.45, 7) is 5.51. The van der Waals surface area contributed by atoms with Crippen LogP contribution in [0.3, 0.4) is 0 Å². The van der Waals surface area contributed by atoms with E-state index >= 15 is 0 Å². The molecule has 2 aliphatic rings. The summed E-state index contributed by atoms with van der Waals surface area (Å²) in [6.07, 6.45) is -4.03. The zero-order valence-electron chi connectivity index (χ0n) is 16.2. The Bertz CT molecular complexity index is 842. The summed E-state index contributed by atoms with van der Waals surface area (Å²) in [5.74, 6) is -1.08. The highest BCUT2D eigenvalue weighted by molar-refractivity contribution is 6.23. The predicted molar refractivity (Wildman–Crippen MR) is 95.0 cm³/mol. The van der Waals surface area contributed by atoms with E-state index in [4.69, 9.17) is 4.74 Å². The van der Waals surface area contributed by atoms with Crippen LogP contribution < -0.4 is 10.2 Å². The van der Waals surface area contributed by atoms with Crippen molar-refractivity contribution in [2.75, 3.05) is 18.0 Å². The topological polar surface area (TPSA) is 91.8 Å². The molecule has 2 saturated heterocycles. The Labute approximate surface area is 165 Å². The van der Waals surface area contributed by atoms with Gasteiger partial charge in [-0.3, -0.25) is 4.79 Å². The average molecular weight is 414 g/mol. The fourth-order valence-corrected chi connectivity index (χ4v) is 3.28. The van der Waals surface area contributed by atoms with Crippen molar-refractivity contribution in [2.24, 2.45) is 0 Å². The highest BCUT2D eigenvalue weighted by Crippen LogP contribution is 2.35. The molecule has 2 aliphatic heterocycles. The van der Waals surface area contributed by atoms with Gasteiger partial charge < -0.3 is 15.0 Å². The van der Waals surface area contributed by atoms with Gasteiger partial charge in [-0.25, -0.2) is 19.5 Å². The minimum absolute atomic E-state index is 0.117. The Balaban J connectivity index is 1.76. The van der Waals surface area contributed by atoms with Crippen molar-refractivity contribution >= 4 is 23.8 Å². The predicted octanol–water partition coefficient (Wildman–Crippen LogP) is 2.93. The molecule has 29 heavy (non-hydrogen) atoms. The molecule has 0 saturated carbocycles. The second-order valence-electron chi connectivity index (χ2n) is 8.02. The second kappa shape index (κ2) is 6.89. The number of carbonyl (C=O) groups is 3. The second-order valence-corrected chi connectivity index (χ2v) is 8.02. The lowest BCUT2D eigenvalue weighted by Crippen LogP contribution is -2.56. The molecular formula is C18H21F3N4O4. The Kier molecular flexibility index (Phi) is 4.96. The van der Waals surface area contributed by atoms with Gasteiger partial charge >= 0.3 is 18.3 Å². The van der Waals surface area contributed by atoms with Crippen molar-refractivity contribution in [3.05, 3.63) is 23.9 Å². The molecule has 0 atom stereocenters. The molecule has 0 unspecified atom stereocenters. The van der Waals surface area contributed by atoms with Crippen LogP contribution >= 0.6 is 0 Å². The fraction of sp³-hybridized carbons (Fsp3) is 0.556. The SMILES string of the molecule is CC(C)(C)OC(=O)N1CCC2(CC1)NC(=O)N(c1cc(C(F)(F)F)ccn1)C2=O.